The van der Waals surface area contributed by atoms with Crippen LogP contribution in [-0.2, 0) is 4.79 Å². The second-order valence-corrected chi connectivity index (χ2v) is 9.42. The Morgan fingerprint density at radius 2 is 1.66 bits per heavy atom. The van der Waals surface area contributed by atoms with E-state index < -0.39 is 11.5 Å². The van der Waals surface area contributed by atoms with Crippen molar-refractivity contribution in [3.63, 3.8) is 0 Å². The van der Waals surface area contributed by atoms with Crippen molar-refractivity contribution in [2.45, 2.75) is 0 Å². The molecule has 9 heteroatoms. The maximum absolute atomic E-state index is 12.5. The molecular weight excluding hydrogens is 543 g/mol. The number of rotatable bonds is 5. The molecule has 1 amide bonds. The SMILES string of the molecule is O=C(C=Cc1ccc(-c2ccc(Cl)cc2)o1)NC(=S)Nc1ccc(-c2cc3ccccc3oc2=O)c(Cl)c1. The number of fused-ring (bicyclic) bond motifs is 1. The molecule has 0 spiro atoms. The zero-order valence-electron chi connectivity index (χ0n) is 19.5. The molecule has 6 nitrogen and oxygen atoms in total. The smallest absolute Gasteiger partial charge is 0.344 e. The third-order valence-corrected chi connectivity index (χ3v) is 6.32. The Balaban J connectivity index is 1.22. The Hall–Kier alpha value is -4.17. The number of furan rings is 1. The molecule has 188 valence electrons. The highest BCUT2D eigenvalue weighted by Gasteiger charge is 2.12. The van der Waals surface area contributed by atoms with Crippen molar-refractivity contribution < 1.29 is 13.6 Å². The minimum absolute atomic E-state index is 0.0787. The first kappa shape index (κ1) is 25.5. The summed E-state index contributed by atoms with van der Waals surface area (Å²) in [5.74, 6) is 0.716. The topological polar surface area (TPSA) is 84.5 Å². The lowest BCUT2D eigenvalue weighted by Gasteiger charge is -2.10. The third kappa shape index (κ3) is 5.86. The van der Waals surface area contributed by atoms with Gasteiger partial charge in [0.2, 0.25) is 5.91 Å². The van der Waals surface area contributed by atoms with Gasteiger partial charge in [-0.05, 0) is 79.0 Å². The molecule has 0 aliphatic heterocycles. The van der Waals surface area contributed by atoms with Crippen LogP contribution in [0.1, 0.15) is 5.76 Å². The summed E-state index contributed by atoms with van der Waals surface area (Å²) in [6.45, 7) is 0. The van der Waals surface area contributed by atoms with Crippen molar-refractivity contribution in [1.29, 1.82) is 0 Å². The lowest BCUT2D eigenvalue weighted by Crippen LogP contribution is -2.32. The van der Waals surface area contributed by atoms with Crippen LogP contribution >= 0.6 is 35.4 Å². The van der Waals surface area contributed by atoms with Gasteiger partial charge in [0, 0.05) is 33.3 Å². The largest absolute Gasteiger partial charge is 0.457 e. The highest BCUT2D eigenvalue weighted by Crippen LogP contribution is 2.30. The lowest BCUT2D eigenvalue weighted by molar-refractivity contribution is -0.115. The molecule has 0 bridgehead atoms. The molecular formula is C29H18Cl2N2O4S. The van der Waals surface area contributed by atoms with Crippen LogP contribution in [0.2, 0.25) is 10.0 Å². The van der Waals surface area contributed by atoms with Crippen molar-refractivity contribution in [2.24, 2.45) is 0 Å². The van der Waals surface area contributed by atoms with Crippen LogP contribution < -0.4 is 16.3 Å². The molecule has 5 aromatic rings. The molecule has 0 aliphatic rings. The predicted octanol–water partition coefficient (Wildman–Crippen LogP) is 7.55. The molecule has 0 unspecified atom stereocenters. The fourth-order valence-electron chi connectivity index (χ4n) is 3.75. The first-order chi connectivity index (χ1) is 18.4. The van der Waals surface area contributed by atoms with E-state index in [9.17, 15) is 9.59 Å². The van der Waals surface area contributed by atoms with Gasteiger partial charge in [0.1, 0.15) is 17.1 Å². The van der Waals surface area contributed by atoms with Gasteiger partial charge < -0.3 is 14.2 Å². The number of benzene rings is 3. The molecule has 0 atom stereocenters. The molecule has 0 saturated heterocycles. The van der Waals surface area contributed by atoms with Gasteiger partial charge in [-0.1, -0.05) is 47.5 Å². The molecule has 0 fully saturated rings. The summed E-state index contributed by atoms with van der Waals surface area (Å²) in [5, 5.41) is 7.30. The summed E-state index contributed by atoms with van der Waals surface area (Å²) >= 11 is 17.6. The van der Waals surface area contributed by atoms with Crippen molar-refractivity contribution in [1.82, 2.24) is 5.32 Å². The number of halogens is 2. The summed E-state index contributed by atoms with van der Waals surface area (Å²) in [4.78, 5) is 24.8. The fraction of sp³-hybridized carbons (Fsp3) is 0. The minimum atomic E-state index is -0.488. The van der Waals surface area contributed by atoms with Crippen LogP contribution in [0.25, 0.3) is 39.5 Å². The Morgan fingerprint density at radius 1 is 0.868 bits per heavy atom. The molecule has 38 heavy (non-hydrogen) atoms. The minimum Gasteiger partial charge on any atom is -0.457 e. The van der Waals surface area contributed by atoms with E-state index in [1.54, 1.807) is 54.6 Å². The van der Waals surface area contributed by atoms with Crippen LogP contribution in [0.15, 0.2) is 105 Å². The summed E-state index contributed by atoms with van der Waals surface area (Å²) < 4.78 is 11.2. The monoisotopic (exact) mass is 560 g/mol. The van der Waals surface area contributed by atoms with E-state index in [0.29, 0.717) is 44.0 Å². The van der Waals surface area contributed by atoms with Gasteiger partial charge in [-0.25, -0.2) is 4.79 Å². The van der Waals surface area contributed by atoms with Crippen LogP contribution in [0.4, 0.5) is 5.69 Å². The lowest BCUT2D eigenvalue weighted by atomic mass is 10.1. The molecule has 0 aliphatic carbocycles. The third-order valence-electron chi connectivity index (χ3n) is 5.55. The number of hydrogen-bond donors (Lipinski definition) is 2. The van der Waals surface area contributed by atoms with Crippen molar-refractivity contribution in [2.75, 3.05) is 5.32 Å². The molecule has 3 aromatic carbocycles. The summed E-state index contributed by atoms with van der Waals surface area (Å²) in [6, 6.07) is 24.8. The number of carbonyl (C=O) groups excluding carboxylic acids is 1. The average Bonchev–Trinajstić information content (AvgIpc) is 3.37. The van der Waals surface area contributed by atoms with Gasteiger partial charge in [-0.3, -0.25) is 10.1 Å². The molecule has 2 N–H and O–H groups in total. The van der Waals surface area contributed by atoms with E-state index in [-0.39, 0.29) is 5.11 Å². The van der Waals surface area contributed by atoms with Crippen LogP contribution in [0.3, 0.4) is 0 Å². The van der Waals surface area contributed by atoms with Gasteiger partial charge in [0.05, 0.1) is 10.6 Å². The second-order valence-electron chi connectivity index (χ2n) is 8.17. The summed E-state index contributed by atoms with van der Waals surface area (Å²) in [6.07, 6.45) is 2.85. The zero-order chi connectivity index (χ0) is 26.6. The standard InChI is InChI=1S/C29H18Cl2N2O4S/c30-19-7-5-17(6-8-19)26-13-10-21(36-26)11-14-27(34)33-29(38)32-20-9-12-22(24(31)16-20)23-15-18-3-1-2-4-25(18)37-28(23)35/h1-16H,(H2,32,33,34,38). The van der Waals surface area contributed by atoms with Crippen LogP contribution in [0, 0.1) is 0 Å². The number of amides is 1. The Kier molecular flexibility index (Phi) is 7.42. The zero-order valence-corrected chi connectivity index (χ0v) is 21.9. The highest BCUT2D eigenvalue weighted by molar-refractivity contribution is 7.80. The molecule has 2 heterocycles. The molecule has 0 saturated carbocycles. The quantitative estimate of drug-likeness (QED) is 0.131. The first-order valence-corrected chi connectivity index (χ1v) is 12.5. The number of para-hydroxylation sites is 1. The van der Waals surface area contributed by atoms with E-state index in [4.69, 9.17) is 44.3 Å². The second kappa shape index (κ2) is 11.1. The first-order valence-electron chi connectivity index (χ1n) is 11.3. The number of carbonyl (C=O) groups is 1. The van der Waals surface area contributed by atoms with Gasteiger partial charge >= 0.3 is 5.63 Å². The van der Waals surface area contributed by atoms with E-state index in [2.05, 4.69) is 10.6 Å². The fourth-order valence-corrected chi connectivity index (χ4v) is 4.37. The maximum Gasteiger partial charge on any atom is 0.344 e. The molecule has 5 rings (SSSR count). The predicted molar refractivity (Wildman–Crippen MR) is 155 cm³/mol. The number of nitrogens with one attached hydrogen (secondary N) is 2. The van der Waals surface area contributed by atoms with E-state index in [0.717, 1.165) is 10.9 Å². The Bertz CT molecular complexity index is 1760. The molecule has 0 radical (unpaired) electrons. The average molecular weight is 561 g/mol. The summed E-state index contributed by atoms with van der Waals surface area (Å²) in [7, 11) is 0. The van der Waals surface area contributed by atoms with E-state index in [1.165, 1.54) is 12.2 Å². The van der Waals surface area contributed by atoms with Crippen molar-refractivity contribution in [3.8, 4) is 22.5 Å². The Morgan fingerprint density at radius 3 is 2.45 bits per heavy atom. The normalized spacial score (nSPS) is 11.1. The molecule has 2 aromatic heterocycles. The highest BCUT2D eigenvalue weighted by atomic mass is 35.5. The van der Waals surface area contributed by atoms with Crippen LogP contribution in [-0.4, -0.2) is 11.0 Å². The van der Waals surface area contributed by atoms with E-state index in [1.807, 2.05) is 30.3 Å². The van der Waals surface area contributed by atoms with Crippen molar-refractivity contribution >= 4 is 69.2 Å². The Labute approximate surface area is 232 Å². The van der Waals surface area contributed by atoms with E-state index >= 15 is 0 Å². The summed E-state index contributed by atoms with van der Waals surface area (Å²) in [5.41, 5.74) is 2.29. The van der Waals surface area contributed by atoms with Gasteiger partial charge in [-0.2, -0.15) is 0 Å². The van der Waals surface area contributed by atoms with Crippen LogP contribution in [0.5, 0.6) is 0 Å². The maximum atomic E-state index is 12.5. The van der Waals surface area contributed by atoms with Gasteiger partial charge in [0.15, 0.2) is 5.11 Å². The van der Waals surface area contributed by atoms with Gasteiger partial charge in [-0.15, -0.1) is 0 Å². The van der Waals surface area contributed by atoms with Crippen molar-refractivity contribution in [3.05, 3.63) is 117 Å². The number of anilines is 1. The number of hydrogen-bond acceptors (Lipinski definition) is 5. The van der Waals surface area contributed by atoms with Gasteiger partial charge in [0.25, 0.3) is 0 Å². The number of thiocarbonyl (C=S) groups is 1.